The third-order valence-corrected chi connectivity index (χ3v) is 3.93. The number of thiol groups is 1. The third kappa shape index (κ3) is 2.23. The summed E-state index contributed by atoms with van der Waals surface area (Å²) in [6.45, 7) is 0. The van der Waals surface area contributed by atoms with Gasteiger partial charge < -0.3 is 0 Å². The molecule has 0 nitrogen and oxygen atoms in total. The topological polar surface area (TPSA) is 0 Å². The Labute approximate surface area is 104 Å². The van der Waals surface area contributed by atoms with Crippen LogP contribution < -0.4 is 0 Å². The fourth-order valence-corrected chi connectivity index (χ4v) is 2.59. The second-order valence-electron chi connectivity index (χ2n) is 3.17. The zero-order valence-electron chi connectivity index (χ0n) is 7.71. The van der Waals surface area contributed by atoms with Crippen LogP contribution >= 0.6 is 36.2 Å². The van der Waals surface area contributed by atoms with Crippen molar-refractivity contribution in [3.63, 3.8) is 0 Å². The van der Waals surface area contributed by atoms with Gasteiger partial charge in [-0.1, -0.05) is 12.2 Å². The minimum absolute atomic E-state index is 0.398. The first-order valence-electron chi connectivity index (χ1n) is 4.22. The normalized spacial score (nSPS) is 12.0. The Morgan fingerprint density at radius 1 is 1.25 bits per heavy atom. The molecule has 0 saturated carbocycles. The predicted octanol–water partition coefficient (Wildman–Crippen LogP) is 4.53. The van der Waals surface area contributed by atoms with Crippen LogP contribution in [0.1, 0.15) is 10.4 Å². The number of thiocarbonyl (C=S) groups is 1. The van der Waals surface area contributed by atoms with Crippen molar-refractivity contribution in [1.29, 1.82) is 0 Å². The van der Waals surface area contributed by atoms with Crippen molar-refractivity contribution >= 4 is 50.5 Å². The van der Waals surface area contributed by atoms with Crippen LogP contribution in [-0.2, 0) is 6.18 Å². The van der Waals surface area contributed by atoms with E-state index in [9.17, 15) is 13.2 Å². The van der Waals surface area contributed by atoms with Crippen molar-refractivity contribution in [3.8, 4) is 0 Å². The van der Waals surface area contributed by atoms with E-state index in [-0.39, 0.29) is 0 Å². The quantitative estimate of drug-likeness (QED) is 0.591. The summed E-state index contributed by atoms with van der Waals surface area (Å²) in [4.78, 5) is 0.715. The van der Waals surface area contributed by atoms with Gasteiger partial charge in [0, 0.05) is 4.70 Å². The number of thiophene rings is 1. The fourth-order valence-electron chi connectivity index (χ4n) is 1.33. The molecule has 0 aliphatic rings. The van der Waals surface area contributed by atoms with E-state index in [4.69, 9.17) is 12.2 Å². The lowest BCUT2D eigenvalue weighted by molar-refractivity contribution is -0.137. The molecule has 0 aliphatic carbocycles. The van der Waals surface area contributed by atoms with Crippen molar-refractivity contribution in [2.45, 2.75) is 6.18 Å². The maximum Gasteiger partial charge on any atom is 0.416 e. The van der Waals surface area contributed by atoms with Crippen molar-refractivity contribution in [2.75, 3.05) is 0 Å². The maximum absolute atomic E-state index is 12.4. The largest absolute Gasteiger partial charge is 0.416 e. The molecular weight excluding hydrogens is 273 g/mol. The smallest absolute Gasteiger partial charge is 0.166 e. The third-order valence-electron chi connectivity index (χ3n) is 2.05. The Balaban J connectivity index is 2.58. The van der Waals surface area contributed by atoms with Gasteiger partial charge in [0.2, 0.25) is 0 Å². The summed E-state index contributed by atoms with van der Waals surface area (Å²) in [6, 6.07) is 5.29. The Morgan fingerprint density at radius 3 is 2.50 bits per heavy atom. The molecule has 0 saturated heterocycles. The Hall–Kier alpha value is -0.590. The molecule has 2 rings (SSSR count). The molecule has 16 heavy (non-hydrogen) atoms. The lowest BCUT2D eigenvalue weighted by Gasteiger charge is -2.05. The van der Waals surface area contributed by atoms with Crippen LogP contribution in [0.5, 0.6) is 0 Å². The maximum atomic E-state index is 12.4. The van der Waals surface area contributed by atoms with E-state index in [1.54, 1.807) is 6.07 Å². The van der Waals surface area contributed by atoms with Crippen molar-refractivity contribution in [1.82, 2.24) is 0 Å². The number of hydrogen-bond donors (Lipinski definition) is 1. The van der Waals surface area contributed by atoms with Gasteiger partial charge in [-0.05, 0) is 29.7 Å². The number of benzene rings is 1. The molecule has 0 unspecified atom stereocenters. The molecule has 0 fully saturated rings. The summed E-state index contributed by atoms with van der Waals surface area (Å²) in [5, 5.41) is 0.547. The number of halogens is 3. The van der Waals surface area contributed by atoms with Crippen molar-refractivity contribution < 1.29 is 13.2 Å². The molecule has 2 aromatic rings. The SMILES string of the molecule is FC(F)(F)c1ccc2sc(C(=S)S)cc2c1. The molecule has 0 aliphatic heterocycles. The second kappa shape index (κ2) is 4.01. The van der Waals surface area contributed by atoms with Crippen LogP contribution in [0, 0.1) is 0 Å². The molecule has 6 heteroatoms. The van der Waals surface area contributed by atoms with Gasteiger partial charge in [-0.2, -0.15) is 13.2 Å². The molecule has 1 aromatic heterocycles. The van der Waals surface area contributed by atoms with E-state index in [1.165, 1.54) is 17.4 Å². The first-order chi connectivity index (χ1) is 7.38. The van der Waals surface area contributed by atoms with Crippen LogP contribution in [0.2, 0.25) is 0 Å². The van der Waals surface area contributed by atoms with E-state index >= 15 is 0 Å². The first-order valence-corrected chi connectivity index (χ1v) is 5.89. The zero-order valence-corrected chi connectivity index (χ0v) is 10.2. The van der Waals surface area contributed by atoms with E-state index in [2.05, 4.69) is 12.6 Å². The Kier molecular flexibility index (Phi) is 2.98. The number of fused-ring (bicyclic) bond motifs is 1. The van der Waals surface area contributed by atoms with E-state index < -0.39 is 11.7 Å². The summed E-state index contributed by atoms with van der Waals surface area (Å²) >= 11 is 10.2. The second-order valence-corrected chi connectivity index (χ2v) is 5.41. The van der Waals surface area contributed by atoms with Gasteiger partial charge in [0.1, 0.15) is 0 Å². The molecule has 0 amide bonds. The van der Waals surface area contributed by atoms with Crippen LogP contribution in [0.3, 0.4) is 0 Å². The van der Waals surface area contributed by atoms with Gasteiger partial charge in [0.15, 0.2) is 0 Å². The zero-order chi connectivity index (χ0) is 11.9. The average molecular weight is 278 g/mol. The molecule has 0 spiro atoms. The van der Waals surface area contributed by atoms with Crippen molar-refractivity contribution in [2.24, 2.45) is 0 Å². The highest BCUT2D eigenvalue weighted by Crippen LogP contribution is 2.34. The minimum Gasteiger partial charge on any atom is -0.166 e. The van der Waals surface area contributed by atoms with E-state index in [1.807, 2.05) is 0 Å². The lowest BCUT2D eigenvalue weighted by atomic mass is 10.1. The summed E-state index contributed by atoms with van der Waals surface area (Å²) in [7, 11) is 0. The van der Waals surface area contributed by atoms with E-state index in [0.717, 1.165) is 16.8 Å². The molecular formula is C10H5F3S3. The molecule has 84 valence electrons. The molecule has 1 aromatic carbocycles. The molecule has 1 heterocycles. The fraction of sp³-hybridized carbons (Fsp3) is 0.100. The predicted molar refractivity (Wildman–Crippen MR) is 67.5 cm³/mol. The average Bonchev–Trinajstić information content (AvgIpc) is 2.58. The van der Waals surface area contributed by atoms with Gasteiger partial charge >= 0.3 is 6.18 Å². The van der Waals surface area contributed by atoms with Crippen LogP contribution in [0.15, 0.2) is 24.3 Å². The molecule has 0 atom stereocenters. The minimum atomic E-state index is -4.31. The van der Waals surface area contributed by atoms with E-state index in [0.29, 0.717) is 14.5 Å². The molecule has 0 N–H and O–H groups in total. The van der Waals surface area contributed by atoms with Gasteiger partial charge in [0.25, 0.3) is 0 Å². The number of hydrogen-bond acceptors (Lipinski definition) is 2. The van der Waals surface area contributed by atoms with Crippen LogP contribution in [0.25, 0.3) is 10.1 Å². The van der Waals surface area contributed by atoms with Gasteiger partial charge in [0.05, 0.1) is 14.6 Å². The lowest BCUT2D eigenvalue weighted by Crippen LogP contribution is -2.03. The molecule has 0 bridgehead atoms. The summed E-state index contributed by atoms with van der Waals surface area (Å²) in [6.07, 6.45) is -4.31. The highest BCUT2D eigenvalue weighted by molar-refractivity contribution is 8.12. The highest BCUT2D eigenvalue weighted by atomic mass is 32.1. The Morgan fingerprint density at radius 2 is 1.94 bits per heavy atom. The van der Waals surface area contributed by atoms with Crippen LogP contribution in [0.4, 0.5) is 13.2 Å². The summed E-state index contributed by atoms with van der Waals surface area (Å²) < 4.78 is 38.5. The summed E-state index contributed by atoms with van der Waals surface area (Å²) in [5.74, 6) is 0. The van der Waals surface area contributed by atoms with Gasteiger partial charge in [-0.25, -0.2) is 0 Å². The van der Waals surface area contributed by atoms with Gasteiger partial charge in [-0.15, -0.1) is 24.0 Å². The summed E-state index contributed by atoms with van der Waals surface area (Å²) in [5.41, 5.74) is -0.644. The van der Waals surface area contributed by atoms with Crippen molar-refractivity contribution in [3.05, 3.63) is 34.7 Å². The monoisotopic (exact) mass is 278 g/mol. The Bertz CT molecular complexity index is 554. The van der Waals surface area contributed by atoms with Gasteiger partial charge in [-0.3, -0.25) is 0 Å². The number of alkyl halides is 3. The number of rotatable bonds is 1. The standard InChI is InChI=1S/C10H5F3S3/c11-10(12,13)6-1-2-7-5(3-6)4-8(16-7)9(14)15/h1-4H,(H,14,15). The molecule has 0 radical (unpaired) electrons. The van der Waals surface area contributed by atoms with Crippen LogP contribution in [-0.4, -0.2) is 4.20 Å². The highest BCUT2D eigenvalue weighted by Gasteiger charge is 2.30. The first kappa shape index (κ1) is 11.9.